The van der Waals surface area contributed by atoms with Crippen molar-refractivity contribution in [1.82, 2.24) is 9.55 Å². The highest BCUT2D eigenvalue weighted by molar-refractivity contribution is 6.00. The number of hydrogen-bond donors (Lipinski definition) is 3. The number of anilines is 2. The van der Waals surface area contributed by atoms with Gasteiger partial charge in [0.25, 0.3) is 5.56 Å². The highest BCUT2D eigenvalue weighted by Crippen LogP contribution is 2.17. The van der Waals surface area contributed by atoms with E-state index in [4.69, 9.17) is 0 Å². The van der Waals surface area contributed by atoms with Crippen molar-refractivity contribution in [2.75, 3.05) is 10.6 Å². The van der Waals surface area contributed by atoms with Gasteiger partial charge >= 0.3 is 11.7 Å². The lowest BCUT2D eigenvalue weighted by Gasteiger charge is -2.11. The molecule has 2 amide bonds. The monoisotopic (exact) mass is 289 g/mol. The molecule has 0 radical (unpaired) electrons. The third kappa shape index (κ3) is 3.03. The van der Waals surface area contributed by atoms with E-state index in [1.54, 1.807) is 30.3 Å². The van der Waals surface area contributed by atoms with Gasteiger partial charge in [0.1, 0.15) is 0 Å². The maximum absolute atomic E-state index is 11.8. The molecule has 2 aromatic rings. The van der Waals surface area contributed by atoms with Gasteiger partial charge < -0.3 is 5.32 Å². The molecule has 1 aromatic heterocycles. The van der Waals surface area contributed by atoms with Crippen LogP contribution in [-0.4, -0.2) is 15.6 Å². The number of para-hydroxylation sites is 1. The molecule has 0 atom stereocenters. The molecule has 3 N–H and O–H groups in total. The zero-order chi connectivity index (χ0) is 15.4. The molecule has 0 unspecified atom stereocenters. The predicted molar refractivity (Wildman–Crippen MR) is 76.8 cm³/mol. The molecule has 0 spiro atoms. The molecule has 0 aliphatic rings. The molecule has 0 aliphatic carbocycles. The number of nitrogens with zero attached hydrogens (tertiary/aromatic N) is 2. The van der Waals surface area contributed by atoms with Crippen LogP contribution in [-0.2, 0) is 7.05 Å². The summed E-state index contributed by atoms with van der Waals surface area (Å²) in [5, 5.41) is 7.28. The lowest BCUT2D eigenvalue weighted by molar-refractivity contribution is 0.262. The van der Waals surface area contributed by atoms with Gasteiger partial charge in [-0.1, -0.05) is 18.2 Å². The number of H-pyrrole nitrogens is 1. The number of benzene rings is 1. The molecule has 1 heterocycles. The summed E-state index contributed by atoms with van der Waals surface area (Å²) >= 11 is 0. The van der Waals surface area contributed by atoms with Crippen LogP contribution in [0.5, 0.6) is 0 Å². The van der Waals surface area contributed by atoms with Crippen LogP contribution in [0, 0.1) is 4.91 Å². The number of hydrogen-bond acceptors (Lipinski definition) is 5. The van der Waals surface area contributed by atoms with Crippen molar-refractivity contribution < 1.29 is 4.79 Å². The van der Waals surface area contributed by atoms with Crippen molar-refractivity contribution in [2.45, 2.75) is 0 Å². The van der Waals surface area contributed by atoms with Crippen molar-refractivity contribution in [1.29, 1.82) is 0 Å². The van der Waals surface area contributed by atoms with E-state index in [0.717, 1.165) is 4.57 Å². The number of carbonyl (C=O) groups excluding carboxylic acids is 1. The average Bonchev–Trinajstić information content (AvgIpc) is 2.45. The third-order valence-corrected chi connectivity index (χ3v) is 2.65. The first-order valence-electron chi connectivity index (χ1n) is 5.82. The smallest absolute Gasteiger partial charge is 0.308 e. The lowest BCUT2D eigenvalue weighted by atomic mass is 10.3. The first kappa shape index (κ1) is 14.2. The topological polar surface area (TPSA) is 125 Å². The molecular weight excluding hydrogens is 278 g/mol. The fourth-order valence-corrected chi connectivity index (χ4v) is 1.63. The standard InChI is InChI=1S/C12H11N5O4/c1-17-9(8(16-21)10(18)15-12(17)20)14-11(19)13-7-5-3-2-4-6-7/h2-6H,1H3,(H2,13,14,19)(H,15,18,20). The van der Waals surface area contributed by atoms with Crippen LogP contribution < -0.4 is 21.9 Å². The zero-order valence-electron chi connectivity index (χ0n) is 10.9. The van der Waals surface area contributed by atoms with Gasteiger partial charge in [0.2, 0.25) is 5.69 Å². The lowest BCUT2D eigenvalue weighted by Crippen LogP contribution is -2.32. The minimum Gasteiger partial charge on any atom is -0.308 e. The highest BCUT2D eigenvalue weighted by atomic mass is 16.3. The van der Waals surface area contributed by atoms with E-state index in [0.29, 0.717) is 5.69 Å². The number of carbonyl (C=O) groups is 1. The van der Waals surface area contributed by atoms with Crippen LogP contribution in [0.25, 0.3) is 0 Å². The van der Waals surface area contributed by atoms with Gasteiger partial charge in [0.05, 0.1) is 0 Å². The maximum atomic E-state index is 11.8. The van der Waals surface area contributed by atoms with Crippen LogP contribution in [0.4, 0.5) is 22.0 Å². The van der Waals surface area contributed by atoms with Crippen LogP contribution in [0.1, 0.15) is 0 Å². The van der Waals surface area contributed by atoms with Crippen molar-refractivity contribution in [3.63, 3.8) is 0 Å². The fourth-order valence-electron chi connectivity index (χ4n) is 1.63. The first-order valence-corrected chi connectivity index (χ1v) is 5.82. The molecule has 0 aliphatic heterocycles. The average molecular weight is 289 g/mol. The second kappa shape index (κ2) is 5.82. The summed E-state index contributed by atoms with van der Waals surface area (Å²) in [6.45, 7) is 0. The quantitative estimate of drug-likeness (QED) is 0.732. The Morgan fingerprint density at radius 1 is 1.19 bits per heavy atom. The van der Waals surface area contributed by atoms with Crippen molar-refractivity contribution in [3.05, 3.63) is 56.1 Å². The second-order valence-electron chi connectivity index (χ2n) is 4.05. The van der Waals surface area contributed by atoms with E-state index in [1.165, 1.54) is 7.05 Å². The number of nitroso groups, excluding NO2 is 1. The zero-order valence-corrected chi connectivity index (χ0v) is 10.9. The van der Waals surface area contributed by atoms with E-state index < -0.39 is 23.0 Å². The van der Waals surface area contributed by atoms with E-state index in [-0.39, 0.29) is 5.82 Å². The van der Waals surface area contributed by atoms with Crippen molar-refractivity contribution in [3.8, 4) is 0 Å². The Hall–Kier alpha value is -3.23. The normalized spacial score (nSPS) is 9.95. The number of rotatable bonds is 3. The van der Waals surface area contributed by atoms with Gasteiger partial charge in [0.15, 0.2) is 5.82 Å². The molecule has 0 saturated heterocycles. The summed E-state index contributed by atoms with van der Waals surface area (Å²) in [6, 6.07) is 7.79. The van der Waals surface area contributed by atoms with E-state index in [9.17, 15) is 19.3 Å². The summed E-state index contributed by atoms with van der Waals surface area (Å²) in [5.74, 6) is -0.285. The van der Waals surface area contributed by atoms with Crippen LogP contribution in [0.15, 0.2) is 45.1 Å². The molecule has 2 rings (SSSR count). The largest absolute Gasteiger partial charge is 0.329 e. The van der Waals surface area contributed by atoms with Gasteiger partial charge in [-0.25, -0.2) is 9.59 Å². The SMILES string of the molecule is Cn1c(NC(=O)Nc2ccccc2)c(N=O)c(=O)[nH]c1=O. The van der Waals surface area contributed by atoms with Gasteiger partial charge in [-0.2, -0.15) is 0 Å². The van der Waals surface area contributed by atoms with Gasteiger partial charge in [0, 0.05) is 12.7 Å². The Morgan fingerprint density at radius 3 is 2.48 bits per heavy atom. The molecule has 1 aromatic carbocycles. The molecule has 9 heteroatoms. The van der Waals surface area contributed by atoms with Crippen molar-refractivity contribution in [2.24, 2.45) is 12.2 Å². The summed E-state index contributed by atoms with van der Waals surface area (Å²) in [5.41, 5.74) is -1.82. The number of urea groups is 1. The molecular formula is C12H11N5O4. The molecule has 0 fully saturated rings. The summed E-state index contributed by atoms with van der Waals surface area (Å²) in [4.78, 5) is 47.3. The molecule has 0 saturated carbocycles. The summed E-state index contributed by atoms with van der Waals surface area (Å²) in [6.07, 6.45) is 0. The van der Waals surface area contributed by atoms with Gasteiger partial charge in [-0.3, -0.25) is 19.7 Å². The Balaban J connectivity index is 2.31. The fraction of sp³-hybridized carbons (Fsp3) is 0.0833. The molecule has 0 bridgehead atoms. The Morgan fingerprint density at radius 2 is 1.86 bits per heavy atom. The van der Waals surface area contributed by atoms with Crippen molar-refractivity contribution >= 4 is 23.2 Å². The first-order chi connectivity index (χ1) is 10.0. The Kier molecular flexibility index (Phi) is 3.93. The number of nitrogens with one attached hydrogen (secondary N) is 3. The predicted octanol–water partition coefficient (Wildman–Crippen LogP) is 1.12. The van der Waals surface area contributed by atoms with E-state index in [2.05, 4.69) is 15.8 Å². The molecule has 21 heavy (non-hydrogen) atoms. The minimum atomic E-state index is -0.969. The maximum Gasteiger partial charge on any atom is 0.329 e. The summed E-state index contributed by atoms with van der Waals surface area (Å²) in [7, 11) is 1.28. The number of aromatic nitrogens is 2. The second-order valence-corrected chi connectivity index (χ2v) is 4.05. The summed E-state index contributed by atoms with van der Waals surface area (Å²) < 4.78 is 0.905. The van der Waals surface area contributed by atoms with Gasteiger partial charge in [-0.05, 0) is 17.3 Å². The van der Waals surface area contributed by atoms with E-state index >= 15 is 0 Å². The van der Waals surface area contributed by atoms with Crippen LogP contribution in [0.2, 0.25) is 0 Å². The molecule has 9 nitrogen and oxygen atoms in total. The number of aromatic amines is 1. The number of amides is 2. The highest BCUT2D eigenvalue weighted by Gasteiger charge is 2.16. The van der Waals surface area contributed by atoms with Crippen LogP contribution in [0.3, 0.4) is 0 Å². The Bertz CT molecular complexity index is 794. The van der Waals surface area contributed by atoms with E-state index in [1.807, 2.05) is 4.98 Å². The minimum absolute atomic E-state index is 0.285. The van der Waals surface area contributed by atoms with Crippen LogP contribution >= 0.6 is 0 Å². The third-order valence-electron chi connectivity index (χ3n) is 2.65. The Labute approximate surface area is 117 Å². The molecule has 108 valence electrons. The van der Waals surface area contributed by atoms with Gasteiger partial charge in [-0.15, -0.1) is 4.91 Å².